The van der Waals surface area contributed by atoms with Crippen LogP contribution in [0.15, 0.2) is 43.1 Å². The highest BCUT2D eigenvalue weighted by Gasteiger charge is 2.19. The monoisotopic (exact) mass is 357 g/mol. The Morgan fingerprint density at radius 1 is 1.28 bits per heavy atom. The number of nitrogens with zero attached hydrogens (tertiary/aromatic N) is 1. The maximum Gasteiger partial charge on any atom is 0.257 e. The molecule has 0 radical (unpaired) electrons. The fourth-order valence-electron chi connectivity index (χ4n) is 2.62. The minimum absolute atomic E-state index is 0.262. The van der Waals surface area contributed by atoms with Gasteiger partial charge in [0.1, 0.15) is 0 Å². The van der Waals surface area contributed by atoms with E-state index in [0.717, 1.165) is 26.1 Å². The number of amides is 2. The first-order chi connectivity index (χ1) is 12.2. The Labute approximate surface area is 149 Å². The third-order valence-corrected chi connectivity index (χ3v) is 5.02. The first kappa shape index (κ1) is 17.3. The third-order valence-electron chi connectivity index (χ3n) is 3.95. The lowest BCUT2D eigenvalue weighted by atomic mass is 9.99. The van der Waals surface area contributed by atoms with E-state index in [-0.39, 0.29) is 11.8 Å². The number of anilines is 2. The van der Waals surface area contributed by atoms with Gasteiger partial charge in [-0.15, -0.1) is 11.3 Å². The Morgan fingerprint density at radius 3 is 2.84 bits per heavy atom. The lowest BCUT2D eigenvalue weighted by Gasteiger charge is -2.20. The second kappa shape index (κ2) is 8.04. The first-order valence-electron chi connectivity index (χ1n) is 8.04. The van der Waals surface area contributed by atoms with Crippen molar-refractivity contribution in [2.24, 2.45) is 0 Å². The summed E-state index contributed by atoms with van der Waals surface area (Å²) in [6.45, 7) is 4.95. The van der Waals surface area contributed by atoms with E-state index in [4.69, 9.17) is 4.74 Å². The molecule has 0 bridgehead atoms. The van der Waals surface area contributed by atoms with Crippen LogP contribution in [0.3, 0.4) is 0 Å². The summed E-state index contributed by atoms with van der Waals surface area (Å²) in [5.41, 5.74) is 0.990. The Hall–Kier alpha value is -2.51. The lowest BCUT2D eigenvalue weighted by Crippen LogP contribution is -2.13. The fraction of sp³-hybridized carbons (Fsp3) is 0.278. The van der Waals surface area contributed by atoms with E-state index in [1.165, 1.54) is 22.3 Å². The van der Waals surface area contributed by atoms with Crippen molar-refractivity contribution in [3.8, 4) is 0 Å². The van der Waals surface area contributed by atoms with E-state index in [9.17, 15) is 9.59 Å². The number of thiazole rings is 1. The molecule has 0 unspecified atom stereocenters. The van der Waals surface area contributed by atoms with Gasteiger partial charge in [-0.05, 0) is 43.0 Å². The van der Waals surface area contributed by atoms with Crippen LogP contribution in [-0.2, 0) is 9.53 Å². The predicted molar refractivity (Wildman–Crippen MR) is 98.1 cm³/mol. The smallest absolute Gasteiger partial charge is 0.257 e. The van der Waals surface area contributed by atoms with Crippen LogP contribution >= 0.6 is 11.3 Å². The molecular formula is C18H19N3O3S. The molecule has 7 heteroatoms. The number of aromatic nitrogens is 1. The minimum Gasteiger partial charge on any atom is -0.381 e. The van der Waals surface area contributed by atoms with Crippen molar-refractivity contribution in [3.05, 3.63) is 53.6 Å². The number of hydrogen-bond acceptors (Lipinski definition) is 5. The number of benzene rings is 1. The maximum absolute atomic E-state index is 12.4. The normalized spacial score (nSPS) is 14.7. The lowest BCUT2D eigenvalue weighted by molar-refractivity contribution is -0.111. The quantitative estimate of drug-likeness (QED) is 0.804. The van der Waals surface area contributed by atoms with Gasteiger partial charge in [0.2, 0.25) is 5.91 Å². The average Bonchev–Trinajstić information content (AvgIpc) is 3.11. The molecule has 0 saturated carbocycles. The largest absolute Gasteiger partial charge is 0.381 e. The van der Waals surface area contributed by atoms with Gasteiger partial charge in [-0.2, -0.15) is 0 Å². The van der Waals surface area contributed by atoms with E-state index in [0.29, 0.717) is 22.3 Å². The van der Waals surface area contributed by atoms with Crippen LogP contribution in [0.4, 0.5) is 10.8 Å². The van der Waals surface area contributed by atoms with Crippen LogP contribution < -0.4 is 10.6 Å². The van der Waals surface area contributed by atoms with Crippen molar-refractivity contribution in [2.75, 3.05) is 23.8 Å². The molecule has 2 aromatic rings. The van der Waals surface area contributed by atoms with Gasteiger partial charge in [0, 0.05) is 35.5 Å². The molecule has 6 nitrogen and oxygen atoms in total. The zero-order chi connectivity index (χ0) is 17.6. The van der Waals surface area contributed by atoms with Gasteiger partial charge < -0.3 is 10.1 Å². The van der Waals surface area contributed by atoms with Crippen molar-refractivity contribution in [1.82, 2.24) is 4.98 Å². The molecule has 0 atom stereocenters. The number of carbonyl (C=O) groups excluding carboxylic acids is 2. The molecule has 0 aliphatic carbocycles. The molecular weight excluding hydrogens is 338 g/mol. The second-order valence-electron chi connectivity index (χ2n) is 5.68. The zero-order valence-corrected chi connectivity index (χ0v) is 14.5. The first-order valence-corrected chi connectivity index (χ1v) is 8.85. The Bertz CT molecular complexity index is 781. The topological polar surface area (TPSA) is 80.3 Å². The van der Waals surface area contributed by atoms with E-state index in [2.05, 4.69) is 22.2 Å². The van der Waals surface area contributed by atoms with Gasteiger partial charge in [0.15, 0.2) is 5.13 Å². The van der Waals surface area contributed by atoms with Gasteiger partial charge in [0.25, 0.3) is 5.91 Å². The number of rotatable bonds is 5. The van der Waals surface area contributed by atoms with Gasteiger partial charge in [-0.3, -0.25) is 14.9 Å². The second-order valence-corrected chi connectivity index (χ2v) is 6.74. The molecule has 1 saturated heterocycles. The molecule has 1 aliphatic rings. The summed E-state index contributed by atoms with van der Waals surface area (Å²) in [5, 5.41) is 6.03. The van der Waals surface area contributed by atoms with Gasteiger partial charge in [0.05, 0.1) is 0 Å². The molecule has 130 valence electrons. The number of carbonyl (C=O) groups is 2. The van der Waals surface area contributed by atoms with Crippen LogP contribution in [0.25, 0.3) is 0 Å². The summed E-state index contributed by atoms with van der Waals surface area (Å²) >= 11 is 1.50. The SMILES string of the molecule is C=CC(=O)Nc1cccc(C(=O)Nc2ncc(C3CCOCC3)s2)c1. The van der Waals surface area contributed by atoms with Crippen molar-refractivity contribution < 1.29 is 14.3 Å². The zero-order valence-electron chi connectivity index (χ0n) is 13.7. The third kappa shape index (κ3) is 4.52. The number of ether oxygens (including phenoxy) is 1. The minimum atomic E-state index is -0.321. The summed E-state index contributed by atoms with van der Waals surface area (Å²) < 4.78 is 5.38. The van der Waals surface area contributed by atoms with E-state index in [1.54, 1.807) is 24.3 Å². The van der Waals surface area contributed by atoms with E-state index in [1.807, 2.05) is 6.20 Å². The van der Waals surface area contributed by atoms with Gasteiger partial charge in [-0.25, -0.2) is 4.98 Å². The molecule has 1 aliphatic heterocycles. The molecule has 2 amide bonds. The van der Waals surface area contributed by atoms with E-state index >= 15 is 0 Å². The van der Waals surface area contributed by atoms with Gasteiger partial charge in [-0.1, -0.05) is 12.6 Å². The Morgan fingerprint density at radius 2 is 2.08 bits per heavy atom. The van der Waals surface area contributed by atoms with Gasteiger partial charge >= 0.3 is 0 Å². The molecule has 2 N–H and O–H groups in total. The highest BCUT2D eigenvalue weighted by atomic mass is 32.1. The molecule has 3 rings (SSSR count). The summed E-state index contributed by atoms with van der Waals surface area (Å²) in [5.74, 6) is -0.129. The Kier molecular flexibility index (Phi) is 5.57. The maximum atomic E-state index is 12.4. The summed E-state index contributed by atoms with van der Waals surface area (Å²) in [6, 6.07) is 6.73. The van der Waals surface area contributed by atoms with Crippen LogP contribution in [0.5, 0.6) is 0 Å². The highest BCUT2D eigenvalue weighted by Crippen LogP contribution is 2.32. The van der Waals surface area contributed by atoms with Crippen LogP contribution in [-0.4, -0.2) is 30.0 Å². The molecule has 25 heavy (non-hydrogen) atoms. The highest BCUT2D eigenvalue weighted by molar-refractivity contribution is 7.15. The molecule has 2 heterocycles. The predicted octanol–water partition coefficient (Wildman–Crippen LogP) is 3.41. The molecule has 0 spiro atoms. The average molecular weight is 357 g/mol. The standard InChI is InChI=1S/C18H19N3O3S/c1-2-16(22)20-14-5-3-4-13(10-14)17(23)21-18-19-11-15(25-18)12-6-8-24-9-7-12/h2-5,10-12H,1,6-9H2,(H,20,22)(H,19,21,23). The van der Waals surface area contributed by atoms with Crippen molar-refractivity contribution in [3.63, 3.8) is 0 Å². The summed E-state index contributed by atoms with van der Waals surface area (Å²) in [7, 11) is 0. The van der Waals surface area contributed by atoms with Crippen molar-refractivity contribution in [2.45, 2.75) is 18.8 Å². The molecule has 1 aromatic carbocycles. The molecule has 1 aromatic heterocycles. The van der Waals surface area contributed by atoms with Crippen LogP contribution in [0.1, 0.15) is 34.0 Å². The Balaban J connectivity index is 1.66. The van der Waals surface area contributed by atoms with Crippen LogP contribution in [0, 0.1) is 0 Å². The van der Waals surface area contributed by atoms with E-state index < -0.39 is 0 Å². The van der Waals surface area contributed by atoms with Crippen molar-refractivity contribution in [1.29, 1.82) is 0 Å². The van der Waals surface area contributed by atoms with Crippen LogP contribution in [0.2, 0.25) is 0 Å². The summed E-state index contributed by atoms with van der Waals surface area (Å²) in [6.07, 6.45) is 4.98. The summed E-state index contributed by atoms with van der Waals surface area (Å²) in [4.78, 5) is 29.2. The molecule has 1 fully saturated rings. The number of nitrogens with one attached hydrogen (secondary N) is 2. The van der Waals surface area contributed by atoms with Crippen molar-refractivity contribution >= 4 is 34.0 Å². The fourth-order valence-corrected chi connectivity index (χ4v) is 3.60. The number of hydrogen-bond donors (Lipinski definition) is 2.